The smallest absolute Gasteiger partial charge is 0.319 e. The summed E-state index contributed by atoms with van der Waals surface area (Å²) in [7, 11) is 2.18. The topological polar surface area (TPSA) is 47.6 Å². The lowest BCUT2D eigenvalue weighted by molar-refractivity contribution is 0.148. The standard InChI is InChI=1S/C23H32N4O/c1-17-13-18(2)22(19(3)14-17)25-23(28)24-15-20-5-7-21(8-6-20)16-27-11-9-26(4)10-12-27/h5-8,13-14H,9-12,15-16H2,1-4H3,(H2,24,25,28). The second-order valence-corrected chi connectivity index (χ2v) is 7.98. The molecule has 5 heteroatoms. The number of carbonyl (C=O) groups is 1. The van der Waals surface area contributed by atoms with Crippen molar-refractivity contribution in [2.24, 2.45) is 0 Å². The van der Waals surface area contributed by atoms with Crippen LogP contribution < -0.4 is 10.6 Å². The van der Waals surface area contributed by atoms with Gasteiger partial charge in [0, 0.05) is 45.0 Å². The molecule has 2 N–H and O–H groups in total. The van der Waals surface area contributed by atoms with E-state index < -0.39 is 0 Å². The predicted molar refractivity (Wildman–Crippen MR) is 116 cm³/mol. The predicted octanol–water partition coefficient (Wildman–Crippen LogP) is 3.68. The summed E-state index contributed by atoms with van der Waals surface area (Å²) < 4.78 is 0. The van der Waals surface area contributed by atoms with Crippen LogP contribution in [-0.4, -0.2) is 49.1 Å². The molecular weight excluding hydrogens is 348 g/mol. The summed E-state index contributed by atoms with van der Waals surface area (Å²) in [4.78, 5) is 17.2. The van der Waals surface area contributed by atoms with Gasteiger partial charge in [-0.15, -0.1) is 0 Å². The molecule has 0 spiro atoms. The number of carbonyl (C=O) groups excluding carboxylic acids is 1. The van der Waals surface area contributed by atoms with Crippen molar-refractivity contribution in [3.05, 3.63) is 64.2 Å². The molecule has 2 aromatic carbocycles. The largest absolute Gasteiger partial charge is 0.334 e. The Balaban J connectivity index is 1.49. The van der Waals surface area contributed by atoms with E-state index in [0.29, 0.717) is 6.54 Å². The number of nitrogens with one attached hydrogen (secondary N) is 2. The molecule has 1 saturated heterocycles. The summed E-state index contributed by atoms with van der Waals surface area (Å²) in [6.07, 6.45) is 0. The zero-order valence-corrected chi connectivity index (χ0v) is 17.5. The SMILES string of the molecule is Cc1cc(C)c(NC(=O)NCc2ccc(CN3CCN(C)CC3)cc2)c(C)c1. The number of likely N-dealkylation sites (N-methyl/N-ethyl adjacent to an activating group) is 1. The van der Waals surface area contributed by atoms with Crippen LogP contribution in [0.4, 0.5) is 10.5 Å². The lowest BCUT2D eigenvalue weighted by Gasteiger charge is -2.32. The average molecular weight is 381 g/mol. The summed E-state index contributed by atoms with van der Waals surface area (Å²) in [5, 5.41) is 5.94. The van der Waals surface area contributed by atoms with Crippen molar-refractivity contribution in [1.82, 2.24) is 15.1 Å². The quantitative estimate of drug-likeness (QED) is 0.832. The van der Waals surface area contributed by atoms with E-state index in [1.165, 1.54) is 11.1 Å². The number of hydrogen-bond donors (Lipinski definition) is 2. The van der Waals surface area contributed by atoms with E-state index in [-0.39, 0.29) is 6.03 Å². The van der Waals surface area contributed by atoms with Gasteiger partial charge in [-0.2, -0.15) is 0 Å². The van der Waals surface area contributed by atoms with Crippen molar-refractivity contribution in [2.75, 3.05) is 38.5 Å². The molecule has 2 amide bonds. The highest BCUT2D eigenvalue weighted by molar-refractivity contribution is 5.91. The van der Waals surface area contributed by atoms with Crippen molar-refractivity contribution >= 4 is 11.7 Å². The molecule has 28 heavy (non-hydrogen) atoms. The average Bonchev–Trinajstić information content (AvgIpc) is 2.66. The van der Waals surface area contributed by atoms with E-state index in [1.54, 1.807) is 0 Å². The summed E-state index contributed by atoms with van der Waals surface area (Å²) in [5.41, 5.74) is 6.70. The van der Waals surface area contributed by atoms with Crippen molar-refractivity contribution in [3.63, 3.8) is 0 Å². The van der Waals surface area contributed by atoms with Gasteiger partial charge in [-0.25, -0.2) is 4.79 Å². The molecule has 0 aliphatic carbocycles. The molecule has 0 saturated carbocycles. The normalized spacial score (nSPS) is 15.4. The molecule has 0 radical (unpaired) electrons. The van der Waals surface area contributed by atoms with Gasteiger partial charge >= 0.3 is 6.03 Å². The van der Waals surface area contributed by atoms with Crippen LogP contribution in [0.25, 0.3) is 0 Å². The van der Waals surface area contributed by atoms with Crippen LogP contribution in [0.3, 0.4) is 0 Å². The Morgan fingerprint density at radius 2 is 1.50 bits per heavy atom. The first-order valence-corrected chi connectivity index (χ1v) is 10.0. The Morgan fingerprint density at radius 3 is 2.11 bits per heavy atom. The fourth-order valence-corrected chi connectivity index (χ4v) is 3.74. The number of hydrogen-bond acceptors (Lipinski definition) is 3. The number of urea groups is 1. The highest BCUT2D eigenvalue weighted by atomic mass is 16.2. The van der Waals surface area contributed by atoms with Gasteiger partial charge in [0.05, 0.1) is 0 Å². The van der Waals surface area contributed by atoms with Crippen LogP contribution in [0.15, 0.2) is 36.4 Å². The van der Waals surface area contributed by atoms with Crippen LogP contribution in [0.2, 0.25) is 0 Å². The number of piperazine rings is 1. The van der Waals surface area contributed by atoms with Gasteiger partial charge in [-0.05, 0) is 50.1 Å². The molecule has 1 fully saturated rings. The van der Waals surface area contributed by atoms with Crippen LogP contribution in [0, 0.1) is 20.8 Å². The fraction of sp³-hybridized carbons (Fsp3) is 0.435. The lowest BCUT2D eigenvalue weighted by Crippen LogP contribution is -2.43. The highest BCUT2D eigenvalue weighted by Gasteiger charge is 2.13. The van der Waals surface area contributed by atoms with Gasteiger partial charge in [0.25, 0.3) is 0 Å². The first kappa shape index (κ1) is 20.4. The van der Waals surface area contributed by atoms with Crippen LogP contribution in [0.5, 0.6) is 0 Å². The zero-order valence-electron chi connectivity index (χ0n) is 17.5. The minimum atomic E-state index is -0.170. The Labute approximate surface area is 168 Å². The third-order valence-corrected chi connectivity index (χ3v) is 5.39. The molecule has 0 unspecified atom stereocenters. The van der Waals surface area contributed by atoms with Gasteiger partial charge in [0.15, 0.2) is 0 Å². The molecule has 5 nitrogen and oxygen atoms in total. The first-order valence-electron chi connectivity index (χ1n) is 10.0. The van der Waals surface area contributed by atoms with Crippen LogP contribution >= 0.6 is 0 Å². The number of anilines is 1. The first-order chi connectivity index (χ1) is 13.4. The van der Waals surface area contributed by atoms with Crippen molar-refractivity contribution < 1.29 is 4.79 Å². The molecule has 150 valence electrons. The number of amides is 2. The summed E-state index contributed by atoms with van der Waals surface area (Å²) >= 11 is 0. The molecule has 3 rings (SSSR count). The Hall–Kier alpha value is -2.37. The fourth-order valence-electron chi connectivity index (χ4n) is 3.74. The molecule has 0 atom stereocenters. The molecule has 1 aliphatic rings. The molecule has 0 aromatic heterocycles. The Morgan fingerprint density at radius 1 is 0.929 bits per heavy atom. The second kappa shape index (κ2) is 9.22. The van der Waals surface area contributed by atoms with Gasteiger partial charge in [-0.1, -0.05) is 42.0 Å². The maximum Gasteiger partial charge on any atom is 0.319 e. The van der Waals surface area contributed by atoms with Crippen molar-refractivity contribution in [2.45, 2.75) is 33.9 Å². The third-order valence-electron chi connectivity index (χ3n) is 5.39. The van der Waals surface area contributed by atoms with Crippen LogP contribution in [0.1, 0.15) is 27.8 Å². The maximum atomic E-state index is 12.3. The van der Waals surface area contributed by atoms with E-state index in [1.807, 2.05) is 13.8 Å². The summed E-state index contributed by atoms with van der Waals surface area (Å²) in [5.74, 6) is 0. The lowest BCUT2D eigenvalue weighted by atomic mass is 10.1. The number of aryl methyl sites for hydroxylation is 3. The number of rotatable bonds is 5. The molecule has 2 aromatic rings. The van der Waals surface area contributed by atoms with Gasteiger partial charge in [0.2, 0.25) is 0 Å². The number of benzene rings is 2. The van der Waals surface area contributed by atoms with E-state index in [4.69, 9.17) is 0 Å². The summed E-state index contributed by atoms with van der Waals surface area (Å²) in [6, 6.07) is 12.5. The molecule has 1 heterocycles. The summed E-state index contributed by atoms with van der Waals surface area (Å²) in [6.45, 7) is 12.1. The Bertz CT molecular complexity index is 785. The van der Waals surface area contributed by atoms with Crippen LogP contribution in [-0.2, 0) is 13.1 Å². The van der Waals surface area contributed by atoms with Gasteiger partial charge in [0.1, 0.15) is 0 Å². The monoisotopic (exact) mass is 380 g/mol. The van der Waals surface area contributed by atoms with Crippen molar-refractivity contribution in [3.8, 4) is 0 Å². The van der Waals surface area contributed by atoms with Gasteiger partial charge < -0.3 is 15.5 Å². The highest BCUT2D eigenvalue weighted by Crippen LogP contribution is 2.21. The van der Waals surface area contributed by atoms with Gasteiger partial charge in [-0.3, -0.25) is 4.90 Å². The number of nitrogens with zero attached hydrogens (tertiary/aromatic N) is 2. The third kappa shape index (κ3) is 5.57. The maximum absolute atomic E-state index is 12.3. The minimum absolute atomic E-state index is 0.170. The molecular formula is C23H32N4O. The van der Waals surface area contributed by atoms with E-state index in [2.05, 4.69) is 70.8 Å². The zero-order chi connectivity index (χ0) is 20.1. The minimum Gasteiger partial charge on any atom is -0.334 e. The Kier molecular flexibility index (Phi) is 6.70. The van der Waals surface area contributed by atoms with Crippen molar-refractivity contribution in [1.29, 1.82) is 0 Å². The van der Waals surface area contributed by atoms with E-state index >= 15 is 0 Å². The molecule has 0 bridgehead atoms. The van der Waals surface area contributed by atoms with E-state index in [9.17, 15) is 4.79 Å². The molecule has 1 aliphatic heterocycles. The van der Waals surface area contributed by atoms with E-state index in [0.717, 1.165) is 55.1 Å². The second-order valence-electron chi connectivity index (χ2n) is 7.98.